The Hall–Kier alpha value is -2.54. The van der Waals surface area contributed by atoms with Crippen LogP contribution in [-0.2, 0) is 27.3 Å². The Morgan fingerprint density at radius 1 is 1.26 bits per heavy atom. The van der Waals surface area contributed by atoms with Crippen LogP contribution in [0.1, 0.15) is 59.7 Å². The molecule has 3 rings (SSSR count). The third-order valence-electron chi connectivity index (χ3n) is 6.17. The molecule has 1 N–H and O–H groups in total. The van der Waals surface area contributed by atoms with Gasteiger partial charge < -0.3 is 19.5 Å². The lowest BCUT2D eigenvalue weighted by Gasteiger charge is -2.19. The Kier molecular flexibility index (Phi) is 7.96. The number of fused-ring (bicyclic) bond motifs is 1. The second-order valence-electron chi connectivity index (χ2n) is 8.22. The fourth-order valence-corrected chi connectivity index (χ4v) is 4.37. The minimum atomic E-state index is -0.302. The summed E-state index contributed by atoms with van der Waals surface area (Å²) < 4.78 is 16.3. The fraction of sp³-hybridized carbons (Fsp3) is 0.583. The predicted octanol–water partition coefficient (Wildman–Crippen LogP) is 3.62. The summed E-state index contributed by atoms with van der Waals surface area (Å²) in [4.78, 5) is 26.7. The first-order chi connectivity index (χ1) is 15.0. The second-order valence-corrected chi connectivity index (χ2v) is 8.22. The molecule has 7 heteroatoms. The van der Waals surface area contributed by atoms with Crippen molar-refractivity contribution in [2.24, 2.45) is 0 Å². The van der Waals surface area contributed by atoms with Crippen LogP contribution in [-0.4, -0.2) is 57.2 Å². The van der Waals surface area contributed by atoms with Gasteiger partial charge in [0, 0.05) is 31.1 Å². The molecule has 0 aromatic heterocycles. The molecule has 0 radical (unpaired) electrons. The molecule has 1 fully saturated rings. The number of allylic oxidation sites excluding steroid dienone is 2. The Balaban J connectivity index is 1.60. The highest BCUT2D eigenvalue weighted by atomic mass is 16.5. The molecule has 7 nitrogen and oxygen atoms in total. The summed E-state index contributed by atoms with van der Waals surface area (Å²) in [5.74, 6) is 0.312. The number of likely N-dealkylation sites (tertiary alicyclic amines) is 1. The average Bonchev–Trinajstić information content (AvgIpc) is 3.41. The number of anilines is 1. The van der Waals surface area contributed by atoms with Crippen molar-refractivity contribution >= 4 is 17.6 Å². The molecule has 0 saturated carbocycles. The Morgan fingerprint density at radius 3 is 2.68 bits per heavy atom. The van der Waals surface area contributed by atoms with Crippen LogP contribution >= 0.6 is 0 Å². The average molecular weight is 431 g/mol. The van der Waals surface area contributed by atoms with Gasteiger partial charge in [-0.2, -0.15) is 0 Å². The summed E-state index contributed by atoms with van der Waals surface area (Å²) >= 11 is 0. The number of ether oxygens (including phenoxy) is 3. The molecule has 1 saturated heterocycles. The van der Waals surface area contributed by atoms with Crippen LogP contribution in [0.2, 0.25) is 0 Å². The van der Waals surface area contributed by atoms with Crippen LogP contribution < -0.4 is 10.1 Å². The molecule has 2 heterocycles. The number of hydrogen-bond donors (Lipinski definition) is 1. The van der Waals surface area contributed by atoms with Gasteiger partial charge in [-0.15, -0.1) is 0 Å². The lowest BCUT2D eigenvalue weighted by molar-refractivity contribution is -0.143. The summed E-state index contributed by atoms with van der Waals surface area (Å²) in [5.41, 5.74) is 5.19. The van der Waals surface area contributed by atoms with E-state index in [1.807, 2.05) is 13.8 Å². The molecule has 2 aliphatic rings. The molecule has 1 aromatic rings. The molecule has 0 atom stereocenters. The van der Waals surface area contributed by atoms with Crippen LogP contribution in [0.4, 0.5) is 5.69 Å². The number of cyclic esters (lactones) is 1. The standard InChI is InChI=1S/C24H34N2O5/c1-16(8-10-20(27)30-14-13-26-11-5-6-12-26)7-9-18-22(25-3)21-19(15-31-24(21)28)17(2)23(18)29-4/h7,25H,5-6,8-15H2,1-4H3. The van der Waals surface area contributed by atoms with Gasteiger partial charge in [0.25, 0.3) is 0 Å². The van der Waals surface area contributed by atoms with Crippen LogP contribution in [0.25, 0.3) is 0 Å². The van der Waals surface area contributed by atoms with Crippen molar-refractivity contribution in [1.82, 2.24) is 4.90 Å². The molecule has 0 aliphatic carbocycles. The Bertz CT molecular complexity index is 856. The van der Waals surface area contributed by atoms with Gasteiger partial charge in [0.2, 0.25) is 0 Å². The number of nitrogens with one attached hydrogen (secondary N) is 1. The van der Waals surface area contributed by atoms with Crippen molar-refractivity contribution in [3.63, 3.8) is 0 Å². The lowest BCUT2D eigenvalue weighted by Crippen LogP contribution is -2.25. The van der Waals surface area contributed by atoms with Gasteiger partial charge in [-0.1, -0.05) is 11.6 Å². The van der Waals surface area contributed by atoms with Gasteiger partial charge in [0.15, 0.2) is 0 Å². The third-order valence-corrected chi connectivity index (χ3v) is 6.17. The van der Waals surface area contributed by atoms with E-state index < -0.39 is 0 Å². The Morgan fingerprint density at radius 2 is 2.00 bits per heavy atom. The number of methoxy groups -OCH3 is 1. The van der Waals surface area contributed by atoms with Gasteiger partial charge >= 0.3 is 11.9 Å². The largest absolute Gasteiger partial charge is 0.496 e. The van der Waals surface area contributed by atoms with E-state index in [9.17, 15) is 9.59 Å². The molecular formula is C24H34N2O5. The molecule has 2 aliphatic heterocycles. The molecule has 170 valence electrons. The zero-order valence-corrected chi connectivity index (χ0v) is 19.1. The summed E-state index contributed by atoms with van der Waals surface area (Å²) in [6.45, 7) is 7.76. The van der Waals surface area contributed by atoms with E-state index in [1.165, 1.54) is 12.8 Å². The summed E-state index contributed by atoms with van der Waals surface area (Å²) in [6, 6.07) is 0. The van der Waals surface area contributed by atoms with Crippen LogP contribution in [0.3, 0.4) is 0 Å². The summed E-state index contributed by atoms with van der Waals surface area (Å²) in [7, 11) is 3.44. The maximum absolute atomic E-state index is 12.3. The van der Waals surface area contributed by atoms with Crippen molar-refractivity contribution in [3.05, 3.63) is 33.9 Å². The van der Waals surface area contributed by atoms with Crippen molar-refractivity contribution in [2.75, 3.05) is 45.7 Å². The molecular weight excluding hydrogens is 396 g/mol. The smallest absolute Gasteiger partial charge is 0.341 e. The molecule has 0 unspecified atom stereocenters. The summed E-state index contributed by atoms with van der Waals surface area (Å²) in [6.07, 6.45) is 6.17. The van der Waals surface area contributed by atoms with E-state index in [1.54, 1.807) is 14.2 Å². The number of carbonyl (C=O) groups is 2. The molecule has 0 spiro atoms. The van der Waals surface area contributed by atoms with E-state index in [0.717, 1.165) is 53.3 Å². The number of carbonyl (C=O) groups excluding carboxylic acids is 2. The molecule has 0 amide bonds. The lowest BCUT2D eigenvalue weighted by atomic mass is 9.93. The van der Waals surface area contributed by atoms with E-state index in [-0.39, 0.29) is 18.5 Å². The minimum Gasteiger partial charge on any atom is -0.496 e. The first kappa shape index (κ1) is 23.1. The maximum Gasteiger partial charge on any atom is 0.341 e. The second kappa shape index (κ2) is 10.7. The first-order valence-corrected chi connectivity index (χ1v) is 11.1. The van der Waals surface area contributed by atoms with E-state index in [2.05, 4.69) is 16.3 Å². The highest BCUT2D eigenvalue weighted by molar-refractivity contribution is 6.01. The van der Waals surface area contributed by atoms with Gasteiger partial charge in [-0.3, -0.25) is 9.69 Å². The van der Waals surface area contributed by atoms with Gasteiger partial charge in [-0.05, 0) is 58.2 Å². The maximum atomic E-state index is 12.3. The number of esters is 2. The summed E-state index contributed by atoms with van der Waals surface area (Å²) in [5, 5.41) is 3.16. The van der Waals surface area contributed by atoms with Crippen molar-refractivity contribution < 1.29 is 23.8 Å². The predicted molar refractivity (Wildman–Crippen MR) is 120 cm³/mol. The highest BCUT2D eigenvalue weighted by Crippen LogP contribution is 2.41. The Labute approximate surface area is 184 Å². The molecule has 1 aromatic carbocycles. The zero-order chi connectivity index (χ0) is 22.4. The first-order valence-electron chi connectivity index (χ1n) is 11.1. The normalized spacial score (nSPS) is 16.3. The number of hydrogen-bond acceptors (Lipinski definition) is 7. The topological polar surface area (TPSA) is 77.1 Å². The highest BCUT2D eigenvalue weighted by Gasteiger charge is 2.31. The van der Waals surface area contributed by atoms with Crippen LogP contribution in [0, 0.1) is 6.92 Å². The fourth-order valence-electron chi connectivity index (χ4n) is 4.37. The van der Waals surface area contributed by atoms with Gasteiger partial charge in [0.1, 0.15) is 19.0 Å². The molecule has 0 bridgehead atoms. The minimum absolute atomic E-state index is 0.156. The van der Waals surface area contributed by atoms with E-state index in [4.69, 9.17) is 14.2 Å². The van der Waals surface area contributed by atoms with Crippen LogP contribution in [0.15, 0.2) is 11.6 Å². The quantitative estimate of drug-likeness (QED) is 0.449. The number of nitrogens with zero attached hydrogens (tertiary/aromatic N) is 1. The monoisotopic (exact) mass is 430 g/mol. The van der Waals surface area contributed by atoms with E-state index >= 15 is 0 Å². The number of rotatable bonds is 10. The van der Waals surface area contributed by atoms with E-state index in [0.29, 0.717) is 31.4 Å². The zero-order valence-electron chi connectivity index (χ0n) is 19.1. The van der Waals surface area contributed by atoms with Crippen molar-refractivity contribution in [3.8, 4) is 5.75 Å². The van der Waals surface area contributed by atoms with Crippen molar-refractivity contribution in [1.29, 1.82) is 0 Å². The SMILES string of the molecule is CNc1c(CC=C(C)CCC(=O)OCCN2CCCC2)c(OC)c(C)c2c1C(=O)OC2. The molecule has 31 heavy (non-hydrogen) atoms. The van der Waals surface area contributed by atoms with Crippen LogP contribution in [0.5, 0.6) is 5.75 Å². The van der Waals surface area contributed by atoms with Gasteiger partial charge in [0.05, 0.1) is 18.4 Å². The number of benzene rings is 1. The third kappa shape index (κ3) is 5.39. The van der Waals surface area contributed by atoms with Crippen molar-refractivity contribution in [2.45, 2.75) is 52.6 Å². The van der Waals surface area contributed by atoms with Gasteiger partial charge in [-0.25, -0.2) is 4.79 Å².